The van der Waals surface area contributed by atoms with Crippen molar-refractivity contribution in [2.75, 3.05) is 0 Å². The first-order chi connectivity index (χ1) is 27.2. The monoisotopic (exact) mass is 722 g/mol. The Balaban J connectivity index is 1.36. The van der Waals surface area contributed by atoms with Crippen LogP contribution in [0.4, 0.5) is 0 Å². The number of fused-ring (bicyclic) bond motifs is 6. The summed E-state index contributed by atoms with van der Waals surface area (Å²) < 4.78 is 6.11. The number of rotatable bonds is 4. The Labute approximate surface area is 322 Å². The number of hydrogen-bond acceptors (Lipinski definition) is 6. The number of furan rings is 1. The third-order valence-electron chi connectivity index (χ3n) is 10.9. The molecule has 0 aliphatic heterocycles. The molecule has 0 saturated carbocycles. The molecule has 0 spiro atoms. The van der Waals surface area contributed by atoms with Crippen molar-refractivity contribution in [1.82, 2.24) is 0 Å². The SMILES string of the molecule is [B]c1c([B])c(O)c2c(-c3ccc(-c4ccc5ccccc5c4)cc3)c3c(O)c(-c4ccccc4)c(O)c(O)c3c(-c3ccc4oc5ccccc5c4c3)c2c1O. The summed E-state index contributed by atoms with van der Waals surface area (Å²) in [5.74, 6) is -2.34. The number of phenolic OH excluding ortho intramolecular Hbond substituents is 5. The molecule has 0 aliphatic rings. The van der Waals surface area contributed by atoms with Crippen LogP contribution >= 0.6 is 0 Å². The van der Waals surface area contributed by atoms with Crippen LogP contribution in [0.5, 0.6) is 28.7 Å². The van der Waals surface area contributed by atoms with Crippen molar-refractivity contribution in [3.8, 4) is 73.3 Å². The zero-order valence-electron chi connectivity index (χ0n) is 29.6. The van der Waals surface area contributed by atoms with Gasteiger partial charge in [-0.2, -0.15) is 0 Å². The van der Waals surface area contributed by atoms with Crippen LogP contribution in [0, 0.1) is 0 Å². The lowest BCUT2D eigenvalue weighted by molar-refractivity contribution is 0.404. The number of benzene rings is 9. The molecule has 1 heterocycles. The topological polar surface area (TPSA) is 114 Å². The highest BCUT2D eigenvalue weighted by atomic mass is 16.3. The van der Waals surface area contributed by atoms with E-state index in [1.54, 1.807) is 42.5 Å². The molecule has 5 N–H and O–H groups in total. The fourth-order valence-electron chi connectivity index (χ4n) is 8.23. The first-order valence-electron chi connectivity index (χ1n) is 18.0. The van der Waals surface area contributed by atoms with Gasteiger partial charge < -0.3 is 29.9 Å². The Bertz CT molecular complexity index is 3260. The van der Waals surface area contributed by atoms with Crippen molar-refractivity contribution in [2.24, 2.45) is 0 Å². The third-order valence-corrected chi connectivity index (χ3v) is 10.9. The molecule has 262 valence electrons. The van der Waals surface area contributed by atoms with Crippen molar-refractivity contribution < 1.29 is 29.9 Å². The molecule has 10 aromatic rings. The van der Waals surface area contributed by atoms with E-state index < -0.39 is 23.0 Å². The summed E-state index contributed by atoms with van der Waals surface area (Å²) in [5.41, 5.74) is 4.50. The lowest BCUT2D eigenvalue weighted by atomic mass is 9.74. The first kappa shape index (κ1) is 33.3. The minimum absolute atomic E-state index is 0.0154. The summed E-state index contributed by atoms with van der Waals surface area (Å²) >= 11 is 0. The van der Waals surface area contributed by atoms with Crippen LogP contribution in [0.1, 0.15) is 0 Å². The Kier molecular flexibility index (Phi) is 7.35. The fraction of sp³-hybridized carbons (Fsp3) is 0. The van der Waals surface area contributed by atoms with Gasteiger partial charge in [0.25, 0.3) is 0 Å². The average Bonchev–Trinajstić information content (AvgIpc) is 3.61. The summed E-state index contributed by atoms with van der Waals surface area (Å²) in [6, 6.07) is 43.5. The predicted molar refractivity (Wildman–Crippen MR) is 227 cm³/mol. The summed E-state index contributed by atoms with van der Waals surface area (Å²) in [6.07, 6.45) is 0. The Hall–Kier alpha value is -7.31. The van der Waals surface area contributed by atoms with Crippen molar-refractivity contribution >= 4 is 80.9 Å². The van der Waals surface area contributed by atoms with Crippen LogP contribution in [0.15, 0.2) is 144 Å². The first-order valence-corrected chi connectivity index (χ1v) is 18.0. The molecule has 0 aliphatic carbocycles. The lowest BCUT2D eigenvalue weighted by Crippen LogP contribution is -2.26. The van der Waals surface area contributed by atoms with Crippen LogP contribution in [-0.4, -0.2) is 41.2 Å². The third kappa shape index (κ3) is 4.79. The van der Waals surface area contributed by atoms with Gasteiger partial charge in [0.2, 0.25) is 0 Å². The van der Waals surface area contributed by atoms with E-state index in [9.17, 15) is 25.5 Å². The number of phenols is 5. The molecule has 0 fully saturated rings. The normalized spacial score (nSPS) is 11.7. The molecule has 9 aromatic carbocycles. The molecule has 0 unspecified atom stereocenters. The van der Waals surface area contributed by atoms with E-state index in [2.05, 4.69) is 24.3 Å². The molecule has 0 bridgehead atoms. The van der Waals surface area contributed by atoms with Gasteiger partial charge in [0.15, 0.2) is 11.5 Å². The molecule has 8 heteroatoms. The van der Waals surface area contributed by atoms with E-state index in [-0.39, 0.29) is 54.9 Å². The Morgan fingerprint density at radius 1 is 0.339 bits per heavy atom. The van der Waals surface area contributed by atoms with Gasteiger partial charge in [-0.05, 0) is 62.9 Å². The van der Waals surface area contributed by atoms with Crippen molar-refractivity contribution in [2.45, 2.75) is 0 Å². The second kappa shape index (κ2) is 12.4. The largest absolute Gasteiger partial charge is 0.508 e. The summed E-state index contributed by atoms with van der Waals surface area (Å²) in [5, 5.41) is 64.6. The van der Waals surface area contributed by atoms with Crippen LogP contribution in [0.25, 0.3) is 98.8 Å². The molecule has 0 amide bonds. The Morgan fingerprint density at radius 2 is 0.857 bits per heavy atom. The molecule has 6 nitrogen and oxygen atoms in total. The van der Waals surface area contributed by atoms with E-state index in [1.807, 2.05) is 72.8 Å². The fourth-order valence-corrected chi connectivity index (χ4v) is 8.23. The van der Waals surface area contributed by atoms with Crippen molar-refractivity contribution in [3.05, 3.63) is 140 Å². The molecular weight excluding hydrogens is 694 g/mol. The number of para-hydroxylation sites is 1. The van der Waals surface area contributed by atoms with Crippen molar-refractivity contribution in [3.63, 3.8) is 0 Å². The van der Waals surface area contributed by atoms with E-state index in [0.29, 0.717) is 27.9 Å². The van der Waals surface area contributed by atoms with Crippen LogP contribution in [0.3, 0.4) is 0 Å². The van der Waals surface area contributed by atoms with Gasteiger partial charge in [-0.25, -0.2) is 0 Å². The van der Waals surface area contributed by atoms with E-state index in [1.165, 1.54) is 0 Å². The summed E-state index contributed by atoms with van der Waals surface area (Å²) in [6.45, 7) is 0. The minimum atomic E-state index is -0.568. The maximum atomic E-state index is 12.5. The van der Waals surface area contributed by atoms with E-state index in [4.69, 9.17) is 20.1 Å². The van der Waals surface area contributed by atoms with Crippen molar-refractivity contribution in [1.29, 1.82) is 0 Å². The molecule has 1 aromatic heterocycles. The summed E-state index contributed by atoms with van der Waals surface area (Å²) in [7, 11) is 12.8. The molecule has 0 atom stereocenters. The van der Waals surface area contributed by atoms with Gasteiger partial charge >= 0.3 is 0 Å². The molecule has 10 rings (SSSR count). The van der Waals surface area contributed by atoms with Gasteiger partial charge in [-0.3, -0.25) is 0 Å². The Morgan fingerprint density at radius 3 is 1.59 bits per heavy atom. The highest BCUT2D eigenvalue weighted by molar-refractivity contribution is 6.53. The molecular formula is C48H28B2O6. The maximum absolute atomic E-state index is 12.5. The standard InChI is InChI=1S/C48H28B2O6/c49-42-43(50)46(53)40-36(30-20-21-34-32(23-30)31-12-6-7-13-33(31)56-34)41-38(44(51)37(47(54)48(41)55)26-9-2-1-3-10-26)35(39(40)45(42)52)27-17-14-25(15-18-27)29-19-16-24-8-4-5-11-28(24)22-29/h1-23,51-55H. The zero-order valence-corrected chi connectivity index (χ0v) is 29.6. The summed E-state index contributed by atoms with van der Waals surface area (Å²) in [4.78, 5) is 0. The maximum Gasteiger partial charge on any atom is 0.169 e. The van der Waals surface area contributed by atoms with Crippen LogP contribution < -0.4 is 10.9 Å². The van der Waals surface area contributed by atoms with Gasteiger partial charge in [-0.1, -0.05) is 126 Å². The molecule has 56 heavy (non-hydrogen) atoms. The molecule has 4 radical (unpaired) electrons. The molecule has 0 saturated heterocycles. The van der Waals surface area contributed by atoms with Gasteiger partial charge in [-0.15, -0.1) is 0 Å². The van der Waals surface area contributed by atoms with Gasteiger partial charge in [0.1, 0.15) is 44.1 Å². The van der Waals surface area contributed by atoms with Gasteiger partial charge in [0, 0.05) is 43.4 Å². The van der Waals surface area contributed by atoms with Crippen LogP contribution in [-0.2, 0) is 0 Å². The van der Waals surface area contributed by atoms with E-state index >= 15 is 0 Å². The predicted octanol–water partition coefficient (Wildman–Crippen LogP) is 9.83. The second-order valence-corrected chi connectivity index (χ2v) is 14.0. The average molecular weight is 722 g/mol. The number of aromatic hydroxyl groups is 5. The lowest BCUT2D eigenvalue weighted by Gasteiger charge is -2.24. The number of hydrogen-bond donors (Lipinski definition) is 5. The highest BCUT2D eigenvalue weighted by Crippen LogP contribution is 2.58. The highest BCUT2D eigenvalue weighted by Gasteiger charge is 2.31. The quantitative estimate of drug-likeness (QED) is 0.0535. The second-order valence-electron chi connectivity index (χ2n) is 14.0. The smallest absolute Gasteiger partial charge is 0.169 e. The van der Waals surface area contributed by atoms with Gasteiger partial charge in [0.05, 0.1) is 5.56 Å². The zero-order chi connectivity index (χ0) is 38.4. The van der Waals surface area contributed by atoms with E-state index in [0.717, 1.165) is 32.7 Å². The minimum Gasteiger partial charge on any atom is -0.508 e. The van der Waals surface area contributed by atoms with Crippen LogP contribution in [0.2, 0.25) is 0 Å².